The van der Waals surface area contributed by atoms with Gasteiger partial charge in [0.05, 0.1) is 6.04 Å². The van der Waals surface area contributed by atoms with Gasteiger partial charge in [0.25, 0.3) is 0 Å². The second-order valence-corrected chi connectivity index (χ2v) is 4.05. The van der Waals surface area contributed by atoms with Crippen molar-refractivity contribution in [3.63, 3.8) is 0 Å². The van der Waals surface area contributed by atoms with Crippen molar-refractivity contribution in [3.05, 3.63) is 30.1 Å². The van der Waals surface area contributed by atoms with Crippen LogP contribution in [0.15, 0.2) is 24.5 Å². The second-order valence-electron chi connectivity index (χ2n) is 4.05. The topological polar surface area (TPSA) is 54.0 Å². The molecule has 4 nitrogen and oxygen atoms in total. The van der Waals surface area contributed by atoms with Crippen molar-refractivity contribution in [2.45, 2.75) is 25.3 Å². The monoisotopic (exact) mass is 219 g/mol. The quantitative estimate of drug-likeness (QED) is 0.775. The Balaban J connectivity index is 1.70. The Hall–Kier alpha value is -1.42. The number of amides is 1. The molecule has 0 radical (unpaired) electrons. The van der Waals surface area contributed by atoms with Crippen molar-refractivity contribution in [2.24, 2.45) is 0 Å². The summed E-state index contributed by atoms with van der Waals surface area (Å²) in [6.45, 7) is 1.66. The molecule has 0 unspecified atom stereocenters. The van der Waals surface area contributed by atoms with E-state index in [0.29, 0.717) is 6.54 Å². The Morgan fingerprint density at radius 1 is 1.50 bits per heavy atom. The molecular weight excluding hydrogens is 202 g/mol. The van der Waals surface area contributed by atoms with E-state index in [9.17, 15) is 4.79 Å². The molecule has 0 aliphatic carbocycles. The molecule has 4 heteroatoms. The van der Waals surface area contributed by atoms with E-state index in [0.717, 1.165) is 25.8 Å². The third-order valence-electron chi connectivity index (χ3n) is 2.84. The molecule has 1 amide bonds. The van der Waals surface area contributed by atoms with Crippen molar-refractivity contribution < 1.29 is 4.79 Å². The largest absolute Gasteiger partial charge is 0.354 e. The summed E-state index contributed by atoms with van der Waals surface area (Å²) < 4.78 is 0. The number of nitrogens with one attached hydrogen (secondary N) is 2. The third-order valence-corrected chi connectivity index (χ3v) is 2.84. The highest BCUT2D eigenvalue weighted by Crippen LogP contribution is 2.04. The molecule has 1 aliphatic rings. The van der Waals surface area contributed by atoms with Gasteiger partial charge in [-0.05, 0) is 43.5 Å². The fourth-order valence-corrected chi connectivity index (χ4v) is 1.91. The first kappa shape index (κ1) is 11.1. The molecule has 1 aliphatic heterocycles. The fourth-order valence-electron chi connectivity index (χ4n) is 1.91. The molecule has 2 heterocycles. The summed E-state index contributed by atoms with van der Waals surface area (Å²) in [7, 11) is 0. The summed E-state index contributed by atoms with van der Waals surface area (Å²) in [5, 5.41) is 6.13. The van der Waals surface area contributed by atoms with E-state index >= 15 is 0 Å². The maximum atomic E-state index is 11.6. The van der Waals surface area contributed by atoms with Crippen LogP contribution in [0, 0.1) is 0 Å². The lowest BCUT2D eigenvalue weighted by molar-refractivity contribution is -0.122. The van der Waals surface area contributed by atoms with Gasteiger partial charge in [0.15, 0.2) is 0 Å². The minimum Gasteiger partial charge on any atom is -0.354 e. The lowest BCUT2D eigenvalue weighted by atomic mass is 10.2. The van der Waals surface area contributed by atoms with Crippen LogP contribution in [0.4, 0.5) is 0 Å². The molecule has 0 saturated carbocycles. The predicted octanol–water partition coefficient (Wildman–Crippen LogP) is 0.492. The highest BCUT2D eigenvalue weighted by molar-refractivity contribution is 5.81. The van der Waals surface area contributed by atoms with Crippen LogP contribution >= 0.6 is 0 Å². The Labute approximate surface area is 95.5 Å². The number of carbonyl (C=O) groups is 1. The molecule has 0 bridgehead atoms. The smallest absolute Gasteiger partial charge is 0.237 e. The number of pyridine rings is 1. The summed E-state index contributed by atoms with van der Waals surface area (Å²) in [6, 6.07) is 3.97. The molecular formula is C12H17N3O. The van der Waals surface area contributed by atoms with Crippen LogP contribution in [0.25, 0.3) is 0 Å². The van der Waals surface area contributed by atoms with Crippen molar-refractivity contribution in [2.75, 3.05) is 13.1 Å². The van der Waals surface area contributed by atoms with Gasteiger partial charge in [0.1, 0.15) is 0 Å². The lowest BCUT2D eigenvalue weighted by Crippen LogP contribution is -2.41. The van der Waals surface area contributed by atoms with E-state index in [4.69, 9.17) is 0 Å². The van der Waals surface area contributed by atoms with Gasteiger partial charge in [-0.3, -0.25) is 9.78 Å². The van der Waals surface area contributed by atoms with E-state index in [2.05, 4.69) is 15.6 Å². The van der Waals surface area contributed by atoms with Gasteiger partial charge in [-0.2, -0.15) is 0 Å². The number of carbonyl (C=O) groups excluding carboxylic acids is 1. The molecule has 2 rings (SSSR count). The van der Waals surface area contributed by atoms with Crippen molar-refractivity contribution >= 4 is 5.91 Å². The maximum absolute atomic E-state index is 11.6. The van der Waals surface area contributed by atoms with Gasteiger partial charge in [-0.1, -0.05) is 0 Å². The zero-order chi connectivity index (χ0) is 11.2. The molecule has 86 valence electrons. The van der Waals surface area contributed by atoms with Gasteiger partial charge in [0.2, 0.25) is 5.91 Å². The molecule has 1 aromatic heterocycles. The van der Waals surface area contributed by atoms with Crippen molar-refractivity contribution in [1.82, 2.24) is 15.6 Å². The van der Waals surface area contributed by atoms with Gasteiger partial charge >= 0.3 is 0 Å². The van der Waals surface area contributed by atoms with Crippen LogP contribution < -0.4 is 10.6 Å². The maximum Gasteiger partial charge on any atom is 0.237 e. The molecule has 0 aromatic carbocycles. The molecule has 1 atom stereocenters. The number of hydrogen-bond acceptors (Lipinski definition) is 3. The molecule has 0 spiro atoms. The minimum absolute atomic E-state index is 0.0254. The van der Waals surface area contributed by atoms with E-state index in [1.807, 2.05) is 12.1 Å². The normalized spacial score (nSPS) is 19.6. The van der Waals surface area contributed by atoms with Crippen molar-refractivity contribution in [3.8, 4) is 0 Å². The number of nitrogens with zero attached hydrogens (tertiary/aromatic N) is 1. The van der Waals surface area contributed by atoms with Crippen LogP contribution in [0.5, 0.6) is 0 Å². The first-order valence-corrected chi connectivity index (χ1v) is 5.76. The summed E-state index contributed by atoms with van der Waals surface area (Å²) in [5.74, 6) is 0.131. The number of rotatable bonds is 4. The zero-order valence-electron chi connectivity index (χ0n) is 9.28. The standard InChI is InChI=1S/C12H17N3O/c16-12(11-2-1-6-14-11)15-9-5-10-3-7-13-8-4-10/h3-4,7-8,11,14H,1-2,5-6,9H2,(H,15,16)/t11-/m1/s1. The van der Waals surface area contributed by atoms with Gasteiger partial charge in [0, 0.05) is 18.9 Å². The third kappa shape index (κ3) is 3.03. The zero-order valence-corrected chi connectivity index (χ0v) is 9.28. The minimum atomic E-state index is 0.0254. The fraction of sp³-hybridized carbons (Fsp3) is 0.500. The number of aromatic nitrogens is 1. The van der Waals surface area contributed by atoms with Crippen LogP contribution in [0.1, 0.15) is 18.4 Å². The Morgan fingerprint density at radius 2 is 2.31 bits per heavy atom. The summed E-state index contributed by atoms with van der Waals surface area (Å²) in [4.78, 5) is 15.6. The van der Waals surface area contributed by atoms with Crippen molar-refractivity contribution in [1.29, 1.82) is 0 Å². The molecule has 2 N–H and O–H groups in total. The Morgan fingerprint density at radius 3 is 3.00 bits per heavy atom. The van der Waals surface area contributed by atoms with E-state index in [-0.39, 0.29) is 11.9 Å². The predicted molar refractivity (Wildman–Crippen MR) is 62.0 cm³/mol. The van der Waals surface area contributed by atoms with Crippen LogP contribution in [-0.2, 0) is 11.2 Å². The van der Waals surface area contributed by atoms with E-state index in [1.54, 1.807) is 12.4 Å². The second kappa shape index (κ2) is 5.61. The van der Waals surface area contributed by atoms with Crippen LogP contribution in [0.2, 0.25) is 0 Å². The van der Waals surface area contributed by atoms with Crippen LogP contribution in [0.3, 0.4) is 0 Å². The summed E-state index contributed by atoms with van der Waals surface area (Å²) in [6.07, 6.45) is 6.47. The van der Waals surface area contributed by atoms with Gasteiger partial charge in [-0.25, -0.2) is 0 Å². The lowest BCUT2D eigenvalue weighted by Gasteiger charge is -2.10. The van der Waals surface area contributed by atoms with Crippen LogP contribution in [-0.4, -0.2) is 30.0 Å². The first-order chi connectivity index (χ1) is 7.86. The molecule has 1 saturated heterocycles. The van der Waals surface area contributed by atoms with Gasteiger partial charge in [-0.15, -0.1) is 0 Å². The number of hydrogen-bond donors (Lipinski definition) is 2. The van der Waals surface area contributed by atoms with E-state index in [1.165, 1.54) is 5.56 Å². The average molecular weight is 219 g/mol. The highest BCUT2D eigenvalue weighted by Gasteiger charge is 2.20. The molecule has 1 fully saturated rings. The molecule has 1 aromatic rings. The summed E-state index contributed by atoms with van der Waals surface area (Å²) in [5.41, 5.74) is 1.20. The Kier molecular flexibility index (Phi) is 3.88. The highest BCUT2D eigenvalue weighted by atomic mass is 16.2. The first-order valence-electron chi connectivity index (χ1n) is 5.76. The SMILES string of the molecule is O=C(NCCc1ccncc1)[C@H]1CCCN1. The average Bonchev–Trinajstić information content (AvgIpc) is 2.84. The van der Waals surface area contributed by atoms with Gasteiger partial charge < -0.3 is 10.6 Å². The van der Waals surface area contributed by atoms with E-state index < -0.39 is 0 Å². The Bertz CT molecular complexity index is 333. The summed E-state index contributed by atoms with van der Waals surface area (Å²) >= 11 is 0. The molecule has 16 heavy (non-hydrogen) atoms.